The molecule has 1 aliphatic heterocycles. The predicted molar refractivity (Wildman–Crippen MR) is 48.3 cm³/mol. The van der Waals surface area contributed by atoms with Crippen LogP contribution in [0.3, 0.4) is 0 Å². The molecule has 0 bridgehead atoms. The minimum Gasteiger partial charge on any atom is -0.396 e. The molecule has 0 aromatic heterocycles. The van der Waals surface area contributed by atoms with Crippen LogP contribution < -0.4 is 0 Å². The summed E-state index contributed by atoms with van der Waals surface area (Å²) in [4.78, 5) is 0. The van der Waals surface area contributed by atoms with Crippen LogP contribution in [0, 0.1) is 0 Å². The quantitative estimate of drug-likeness (QED) is 0.709. The van der Waals surface area contributed by atoms with Gasteiger partial charge in [0.25, 0.3) is 0 Å². The van der Waals surface area contributed by atoms with Gasteiger partial charge < -0.3 is 14.6 Å². The highest BCUT2D eigenvalue weighted by Gasteiger charge is 2.41. The van der Waals surface area contributed by atoms with Crippen LogP contribution in [0.2, 0.25) is 0 Å². The van der Waals surface area contributed by atoms with E-state index in [0.717, 1.165) is 12.8 Å². The Bertz CT molecular complexity index is 164. The molecule has 1 atom stereocenters. The molecule has 0 aromatic rings. The Morgan fingerprint density at radius 2 is 2.00 bits per heavy atom. The zero-order valence-corrected chi connectivity index (χ0v) is 8.00. The lowest BCUT2D eigenvalue weighted by atomic mass is 9.94. The molecule has 76 valence electrons. The Labute approximate surface area is 79.0 Å². The second kappa shape index (κ2) is 3.95. The molecule has 1 unspecified atom stereocenters. The molecule has 2 rings (SSSR count). The van der Waals surface area contributed by atoms with Crippen molar-refractivity contribution in [3.63, 3.8) is 0 Å². The lowest BCUT2D eigenvalue weighted by Crippen LogP contribution is -2.33. The molecule has 1 spiro atoms. The number of aliphatic hydroxyl groups is 1. The van der Waals surface area contributed by atoms with Gasteiger partial charge in [-0.25, -0.2) is 0 Å². The molecule has 0 amide bonds. The average molecular weight is 186 g/mol. The Kier molecular flexibility index (Phi) is 2.86. The zero-order chi connectivity index (χ0) is 9.15. The van der Waals surface area contributed by atoms with Crippen LogP contribution in [0.1, 0.15) is 38.5 Å². The van der Waals surface area contributed by atoms with E-state index in [1.807, 2.05) is 0 Å². The number of hydrogen-bond acceptors (Lipinski definition) is 3. The molecule has 1 N–H and O–H groups in total. The second-order valence-electron chi connectivity index (χ2n) is 4.03. The summed E-state index contributed by atoms with van der Waals surface area (Å²) in [5.41, 5.74) is 0. The summed E-state index contributed by atoms with van der Waals surface area (Å²) in [6, 6.07) is 0. The van der Waals surface area contributed by atoms with E-state index in [1.165, 1.54) is 19.3 Å². The van der Waals surface area contributed by atoms with Gasteiger partial charge in [0.15, 0.2) is 5.79 Å². The standard InChI is InChI=1S/C10H18O3/c11-7-4-9-8-12-10(13-9)5-2-1-3-6-10/h9,11H,1-8H2. The number of rotatable bonds is 2. The van der Waals surface area contributed by atoms with E-state index in [2.05, 4.69) is 0 Å². The van der Waals surface area contributed by atoms with Gasteiger partial charge in [0.2, 0.25) is 0 Å². The fraction of sp³-hybridized carbons (Fsp3) is 1.00. The summed E-state index contributed by atoms with van der Waals surface area (Å²) >= 11 is 0. The lowest BCUT2D eigenvalue weighted by Gasteiger charge is -2.31. The maximum atomic E-state index is 8.78. The van der Waals surface area contributed by atoms with Crippen LogP contribution >= 0.6 is 0 Å². The van der Waals surface area contributed by atoms with Gasteiger partial charge in [-0.2, -0.15) is 0 Å². The van der Waals surface area contributed by atoms with Gasteiger partial charge in [-0.3, -0.25) is 0 Å². The molecule has 3 heteroatoms. The van der Waals surface area contributed by atoms with E-state index >= 15 is 0 Å². The monoisotopic (exact) mass is 186 g/mol. The number of aliphatic hydroxyl groups excluding tert-OH is 1. The largest absolute Gasteiger partial charge is 0.396 e. The Morgan fingerprint density at radius 3 is 2.69 bits per heavy atom. The fourth-order valence-corrected chi connectivity index (χ4v) is 2.26. The minimum absolute atomic E-state index is 0.128. The van der Waals surface area contributed by atoms with Gasteiger partial charge in [-0.15, -0.1) is 0 Å². The summed E-state index contributed by atoms with van der Waals surface area (Å²) in [6.45, 7) is 0.866. The fourth-order valence-electron chi connectivity index (χ4n) is 2.26. The maximum absolute atomic E-state index is 8.78. The average Bonchev–Trinajstić information content (AvgIpc) is 2.51. The van der Waals surface area contributed by atoms with E-state index in [0.29, 0.717) is 13.0 Å². The van der Waals surface area contributed by atoms with Gasteiger partial charge in [-0.1, -0.05) is 6.42 Å². The van der Waals surface area contributed by atoms with Crippen LogP contribution in [0.25, 0.3) is 0 Å². The van der Waals surface area contributed by atoms with Crippen LogP contribution in [0.15, 0.2) is 0 Å². The van der Waals surface area contributed by atoms with Gasteiger partial charge in [0.1, 0.15) is 0 Å². The zero-order valence-electron chi connectivity index (χ0n) is 8.00. The molecular weight excluding hydrogens is 168 g/mol. The summed E-state index contributed by atoms with van der Waals surface area (Å²) in [6.07, 6.45) is 6.64. The van der Waals surface area contributed by atoms with Gasteiger partial charge in [-0.05, 0) is 19.3 Å². The van der Waals surface area contributed by atoms with Crippen molar-refractivity contribution < 1.29 is 14.6 Å². The topological polar surface area (TPSA) is 38.7 Å². The third-order valence-electron chi connectivity index (χ3n) is 2.98. The summed E-state index contributed by atoms with van der Waals surface area (Å²) in [7, 11) is 0. The Hall–Kier alpha value is -0.120. The molecule has 2 fully saturated rings. The van der Waals surface area contributed by atoms with Crippen molar-refractivity contribution in [2.24, 2.45) is 0 Å². The highest BCUT2D eigenvalue weighted by atomic mass is 16.7. The molecule has 13 heavy (non-hydrogen) atoms. The van der Waals surface area contributed by atoms with Crippen LogP contribution in [-0.4, -0.2) is 30.2 Å². The number of ether oxygens (including phenoxy) is 2. The van der Waals surface area contributed by atoms with Crippen LogP contribution in [0.5, 0.6) is 0 Å². The SMILES string of the molecule is OCCC1COC2(CCCCC2)O1. The van der Waals surface area contributed by atoms with E-state index in [-0.39, 0.29) is 18.5 Å². The second-order valence-corrected chi connectivity index (χ2v) is 4.03. The third kappa shape index (κ3) is 2.03. The first-order chi connectivity index (χ1) is 6.35. The highest BCUT2D eigenvalue weighted by molar-refractivity contribution is 4.82. The first-order valence-electron chi connectivity index (χ1n) is 5.27. The number of hydrogen-bond donors (Lipinski definition) is 1. The molecule has 3 nitrogen and oxygen atoms in total. The van der Waals surface area contributed by atoms with Crippen molar-refractivity contribution in [1.29, 1.82) is 0 Å². The van der Waals surface area contributed by atoms with Crippen molar-refractivity contribution in [2.75, 3.05) is 13.2 Å². The van der Waals surface area contributed by atoms with E-state index in [9.17, 15) is 0 Å². The summed E-state index contributed by atoms with van der Waals surface area (Å²) in [5, 5.41) is 8.78. The lowest BCUT2D eigenvalue weighted by molar-refractivity contribution is -0.187. The van der Waals surface area contributed by atoms with Crippen molar-refractivity contribution in [3.05, 3.63) is 0 Å². The van der Waals surface area contributed by atoms with Crippen LogP contribution in [0.4, 0.5) is 0 Å². The first-order valence-corrected chi connectivity index (χ1v) is 5.27. The smallest absolute Gasteiger partial charge is 0.168 e. The third-order valence-corrected chi connectivity index (χ3v) is 2.98. The van der Waals surface area contributed by atoms with Gasteiger partial charge >= 0.3 is 0 Å². The van der Waals surface area contributed by atoms with Crippen molar-refractivity contribution in [1.82, 2.24) is 0 Å². The highest BCUT2D eigenvalue weighted by Crippen LogP contribution is 2.38. The minimum atomic E-state index is -0.266. The molecule has 1 saturated carbocycles. The molecule has 0 radical (unpaired) electrons. The van der Waals surface area contributed by atoms with Gasteiger partial charge in [0, 0.05) is 19.4 Å². The Balaban J connectivity index is 1.87. The van der Waals surface area contributed by atoms with Crippen molar-refractivity contribution in [2.45, 2.75) is 50.4 Å². The maximum Gasteiger partial charge on any atom is 0.168 e. The first kappa shape index (κ1) is 9.44. The van der Waals surface area contributed by atoms with E-state index in [4.69, 9.17) is 14.6 Å². The van der Waals surface area contributed by atoms with Crippen molar-refractivity contribution in [3.8, 4) is 0 Å². The van der Waals surface area contributed by atoms with Crippen molar-refractivity contribution >= 4 is 0 Å². The van der Waals surface area contributed by atoms with E-state index < -0.39 is 0 Å². The summed E-state index contributed by atoms with van der Waals surface area (Å²) in [5.74, 6) is -0.266. The molecule has 0 aromatic carbocycles. The predicted octanol–water partition coefficient (Wildman–Crippen LogP) is 1.44. The Morgan fingerprint density at radius 1 is 1.23 bits per heavy atom. The molecule has 1 aliphatic carbocycles. The molecule has 2 aliphatic rings. The molecular formula is C10H18O3. The summed E-state index contributed by atoms with van der Waals surface area (Å²) < 4.78 is 11.6. The normalized spacial score (nSPS) is 32.5. The van der Waals surface area contributed by atoms with Gasteiger partial charge in [0.05, 0.1) is 12.7 Å². The molecule has 1 heterocycles. The van der Waals surface area contributed by atoms with Crippen LogP contribution in [-0.2, 0) is 9.47 Å². The molecule has 1 saturated heterocycles. The van der Waals surface area contributed by atoms with E-state index in [1.54, 1.807) is 0 Å².